The number of nitrogens with zero attached hydrogens (tertiary/aromatic N) is 4. The van der Waals surface area contributed by atoms with Crippen molar-refractivity contribution in [3.8, 4) is 0 Å². The van der Waals surface area contributed by atoms with E-state index < -0.39 is 0 Å². The normalized spacial score (nSPS) is 48.7. The average Bonchev–Trinajstić information content (AvgIpc) is 3.82. The van der Waals surface area contributed by atoms with Crippen molar-refractivity contribution in [2.75, 3.05) is 49.6 Å². The molecule has 238 valence electrons. The van der Waals surface area contributed by atoms with E-state index in [4.69, 9.17) is 4.74 Å². The van der Waals surface area contributed by atoms with Crippen molar-refractivity contribution >= 4 is 17.3 Å². The van der Waals surface area contributed by atoms with Gasteiger partial charge in [-0.2, -0.15) is 0 Å². The molecule has 2 aliphatic carbocycles. The largest absolute Gasteiger partial charge is 0.467 e. The zero-order chi connectivity index (χ0) is 30.6. The van der Waals surface area contributed by atoms with Crippen LogP contribution < -0.4 is 9.80 Å². The molecule has 8 aliphatic heterocycles. The summed E-state index contributed by atoms with van der Waals surface area (Å²) in [5, 5.41) is 0. The van der Waals surface area contributed by atoms with Gasteiger partial charge in [-0.3, -0.25) is 9.80 Å². The fourth-order valence-corrected chi connectivity index (χ4v) is 16.1. The molecule has 5 saturated heterocycles. The third-order valence-corrected chi connectivity index (χ3v) is 17.0. The molecule has 4 bridgehead atoms. The Labute approximate surface area is 272 Å². The van der Waals surface area contributed by atoms with Gasteiger partial charge in [0, 0.05) is 58.9 Å². The number of benzene rings is 2. The average molecular weight is 615 g/mol. The molecular weight excluding hydrogens is 568 g/mol. The van der Waals surface area contributed by atoms with E-state index in [9.17, 15) is 4.79 Å². The molecule has 10 atom stereocenters. The molecular formula is C40H46N4O2. The summed E-state index contributed by atoms with van der Waals surface area (Å²) in [5.41, 5.74) is 9.51. The number of para-hydroxylation sites is 2. The third-order valence-electron chi connectivity index (χ3n) is 17.0. The van der Waals surface area contributed by atoms with Crippen molar-refractivity contribution in [2.24, 2.45) is 17.3 Å². The molecule has 2 aromatic rings. The number of methoxy groups -OCH3 is 1. The van der Waals surface area contributed by atoms with Gasteiger partial charge in [0.2, 0.25) is 0 Å². The first kappa shape index (κ1) is 26.2. The highest BCUT2D eigenvalue weighted by Gasteiger charge is 2.87. The molecule has 2 saturated carbocycles. The number of hydrogen-bond acceptors (Lipinski definition) is 6. The number of hydrogen-bond donors (Lipinski definition) is 0. The van der Waals surface area contributed by atoms with Crippen LogP contribution >= 0.6 is 0 Å². The van der Waals surface area contributed by atoms with Gasteiger partial charge in [0.05, 0.1) is 18.2 Å². The second-order valence-electron chi connectivity index (χ2n) is 17.1. The summed E-state index contributed by atoms with van der Waals surface area (Å²) < 4.78 is 5.77. The van der Waals surface area contributed by atoms with Gasteiger partial charge in [0.1, 0.15) is 6.04 Å². The Kier molecular flexibility index (Phi) is 4.40. The van der Waals surface area contributed by atoms with Gasteiger partial charge < -0.3 is 14.5 Å². The fourth-order valence-electron chi connectivity index (χ4n) is 16.1. The Balaban J connectivity index is 1.20. The van der Waals surface area contributed by atoms with Crippen molar-refractivity contribution in [2.45, 2.75) is 98.8 Å². The number of esters is 1. The van der Waals surface area contributed by atoms with Crippen molar-refractivity contribution in [3.05, 3.63) is 70.8 Å². The molecule has 0 aromatic heterocycles. The monoisotopic (exact) mass is 614 g/mol. The lowest BCUT2D eigenvalue weighted by atomic mass is 9.50. The summed E-state index contributed by atoms with van der Waals surface area (Å²) in [4.78, 5) is 25.9. The van der Waals surface area contributed by atoms with E-state index in [2.05, 4.69) is 82.0 Å². The lowest BCUT2D eigenvalue weighted by Gasteiger charge is -2.71. The summed E-state index contributed by atoms with van der Waals surface area (Å²) >= 11 is 0. The Morgan fingerprint density at radius 3 is 2.63 bits per heavy atom. The van der Waals surface area contributed by atoms with Crippen LogP contribution in [0.25, 0.3) is 0 Å². The van der Waals surface area contributed by atoms with Gasteiger partial charge in [-0.25, -0.2) is 4.79 Å². The van der Waals surface area contributed by atoms with Crippen LogP contribution in [-0.4, -0.2) is 79.3 Å². The van der Waals surface area contributed by atoms with Crippen LogP contribution in [0.3, 0.4) is 0 Å². The van der Waals surface area contributed by atoms with E-state index >= 15 is 0 Å². The van der Waals surface area contributed by atoms with Crippen LogP contribution in [0, 0.1) is 17.3 Å². The Morgan fingerprint density at radius 1 is 0.935 bits per heavy atom. The fraction of sp³-hybridized carbons (Fsp3) is 0.625. The molecule has 8 heterocycles. The van der Waals surface area contributed by atoms with Crippen molar-refractivity contribution in [1.29, 1.82) is 0 Å². The molecule has 0 radical (unpaired) electrons. The zero-order valence-electron chi connectivity index (χ0n) is 27.6. The minimum atomic E-state index is -0.311. The van der Waals surface area contributed by atoms with Crippen molar-refractivity contribution in [1.82, 2.24) is 9.80 Å². The molecule has 2 aromatic carbocycles. The third kappa shape index (κ3) is 2.17. The lowest BCUT2D eigenvalue weighted by Crippen LogP contribution is -2.81. The number of anilines is 2. The minimum absolute atomic E-state index is 0.0614. The number of allylic oxidation sites excluding steroid dienone is 1. The van der Waals surface area contributed by atoms with Gasteiger partial charge in [0.25, 0.3) is 0 Å². The Bertz CT molecular complexity index is 1820. The Hall–Kier alpha value is -2.83. The molecule has 0 N–H and O–H groups in total. The summed E-state index contributed by atoms with van der Waals surface area (Å²) in [6, 6.07) is 17.6. The number of piperidine rings is 4. The van der Waals surface area contributed by atoms with Crippen LogP contribution in [0.4, 0.5) is 11.4 Å². The lowest BCUT2D eigenvalue weighted by molar-refractivity contribution is -0.148. The number of ether oxygens (including phenoxy) is 1. The molecule has 7 fully saturated rings. The molecule has 6 nitrogen and oxygen atoms in total. The highest BCUT2D eigenvalue weighted by atomic mass is 16.5. The molecule has 46 heavy (non-hydrogen) atoms. The minimum Gasteiger partial charge on any atom is -0.467 e. The van der Waals surface area contributed by atoms with Gasteiger partial charge in [-0.15, -0.1) is 0 Å². The smallest absolute Gasteiger partial charge is 0.329 e. The number of rotatable bonds is 1. The van der Waals surface area contributed by atoms with Crippen LogP contribution in [-0.2, 0) is 25.9 Å². The van der Waals surface area contributed by atoms with E-state index in [1.165, 1.54) is 67.6 Å². The molecule has 6 heteroatoms. The molecule has 0 amide bonds. The standard InChI is InChI=1S/C40H46N4O2/c1-4-25-22-42-19-16-37-23-43-33-28(38-17-20-41-18-8-13-36(35(38)41)14-15-39(38,43)24(36)2)10-7-11-29(33)40(37)31(42)21-26(25)32(34(45)46-3)44(40)30-12-6-5-9-27(30)37/h4-7,9-12,24,26,31-32,35H,8,13-23H2,1-3H3/t24-,26+,31+,32+,35+,36+,37+,38-,39+,40-/m1/s1. The quantitative estimate of drug-likeness (QED) is 0.319. The van der Waals surface area contributed by atoms with Gasteiger partial charge in [-0.05, 0) is 100 Å². The topological polar surface area (TPSA) is 39.3 Å². The van der Waals surface area contributed by atoms with Gasteiger partial charge in [0.15, 0.2) is 0 Å². The first-order chi connectivity index (χ1) is 22.5. The number of carbonyl (C=O) groups is 1. The van der Waals surface area contributed by atoms with E-state index in [0.29, 0.717) is 23.4 Å². The van der Waals surface area contributed by atoms with Gasteiger partial charge in [-0.1, -0.05) is 55.0 Å². The van der Waals surface area contributed by atoms with Crippen LogP contribution in [0.5, 0.6) is 0 Å². The van der Waals surface area contributed by atoms with E-state index in [0.717, 1.165) is 32.5 Å². The van der Waals surface area contributed by atoms with Crippen molar-refractivity contribution in [3.63, 3.8) is 0 Å². The number of carbonyl (C=O) groups excluding carboxylic acids is 1. The summed E-state index contributed by atoms with van der Waals surface area (Å²) in [7, 11) is 1.61. The maximum atomic E-state index is 14.3. The van der Waals surface area contributed by atoms with Crippen molar-refractivity contribution < 1.29 is 9.53 Å². The predicted molar refractivity (Wildman–Crippen MR) is 178 cm³/mol. The first-order valence-electron chi connectivity index (χ1n) is 18.5. The molecule has 4 spiro atoms. The van der Waals surface area contributed by atoms with Gasteiger partial charge >= 0.3 is 5.97 Å². The second-order valence-corrected chi connectivity index (χ2v) is 17.1. The molecule has 10 aliphatic rings. The Morgan fingerprint density at radius 2 is 1.76 bits per heavy atom. The SMILES string of the molecule is CC=C1CN2CC[C@@]34CN5c6c(cccc6[C@@]67CCN8CCC[C@@]9(CC[C@@]56[C@@H]9C)[C@H]87)[C@@]35[C@@H]2C[C@@H]1[C@@H](C(=O)OC)N5c1ccccc14. The second kappa shape index (κ2) is 7.73. The molecule has 0 unspecified atom stereocenters. The number of fused-ring (bicyclic) bond motifs is 3. The van der Waals surface area contributed by atoms with Crippen LogP contribution in [0.15, 0.2) is 54.1 Å². The summed E-state index contributed by atoms with van der Waals surface area (Å²) in [6.07, 6.45) is 11.3. The maximum Gasteiger partial charge on any atom is 0.329 e. The van der Waals surface area contributed by atoms with Crippen LogP contribution in [0.2, 0.25) is 0 Å². The van der Waals surface area contributed by atoms with E-state index in [1.54, 1.807) is 18.4 Å². The zero-order valence-corrected chi connectivity index (χ0v) is 27.6. The highest BCUT2D eigenvalue weighted by molar-refractivity contribution is 5.90. The highest BCUT2D eigenvalue weighted by Crippen LogP contribution is 2.83. The van der Waals surface area contributed by atoms with Crippen LogP contribution in [0.1, 0.15) is 75.5 Å². The first-order valence-corrected chi connectivity index (χ1v) is 18.5. The summed E-state index contributed by atoms with van der Waals surface area (Å²) in [5.74, 6) is 0.810. The maximum absolute atomic E-state index is 14.3. The van der Waals surface area contributed by atoms with E-state index in [1.807, 2.05) is 0 Å². The summed E-state index contributed by atoms with van der Waals surface area (Å²) in [6.45, 7) is 10.6. The predicted octanol–water partition coefficient (Wildman–Crippen LogP) is 5.34. The van der Waals surface area contributed by atoms with E-state index in [-0.39, 0.29) is 39.8 Å². The molecule has 12 rings (SSSR count).